The summed E-state index contributed by atoms with van der Waals surface area (Å²) in [5.41, 5.74) is 17.1. The second-order valence-corrected chi connectivity index (χ2v) is 17.1. The van der Waals surface area contributed by atoms with E-state index in [-0.39, 0.29) is 0 Å². The van der Waals surface area contributed by atoms with Gasteiger partial charge in [0.05, 0.1) is 11.0 Å². The van der Waals surface area contributed by atoms with Crippen molar-refractivity contribution in [3.8, 4) is 27.9 Å². The van der Waals surface area contributed by atoms with Gasteiger partial charge in [0.15, 0.2) is 0 Å². The zero-order valence-electron chi connectivity index (χ0n) is 34.6. The van der Waals surface area contributed by atoms with E-state index >= 15 is 0 Å². The minimum Gasteiger partial charge on any atom is -0.310 e. The van der Waals surface area contributed by atoms with Gasteiger partial charge in [0, 0.05) is 43.3 Å². The molecule has 0 radical (unpaired) electrons. The summed E-state index contributed by atoms with van der Waals surface area (Å²) in [7, 11) is 0. The molecule has 1 aliphatic rings. The van der Waals surface area contributed by atoms with Crippen LogP contribution in [-0.4, -0.2) is 4.57 Å². The predicted molar refractivity (Wildman–Crippen MR) is 268 cm³/mol. The number of thiophene rings is 1. The Morgan fingerprint density at radius 2 is 1.15 bits per heavy atom. The lowest BCUT2D eigenvalue weighted by molar-refractivity contribution is 0.985. The lowest BCUT2D eigenvalue weighted by Gasteiger charge is -2.26. The molecule has 0 fully saturated rings. The molecule has 2 aromatic heterocycles. The Hall–Kier alpha value is -7.46. The van der Waals surface area contributed by atoms with Gasteiger partial charge in [-0.2, -0.15) is 0 Å². The van der Waals surface area contributed by atoms with Crippen LogP contribution in [0.5, 0.6) is 0 Å². The van der Waals surface area contributed by atoms with Crippen LogP contribution < -0.4 is 4.90 Å². The van der Waals surface area contributed by atoms with Crippen molar-refractivity contribution >= 4 is 78.7 Å². The number of hydrogen-bond donors (Lipinski definition) is 0. The molecule has 0 atom stereocenters. The van der Waals surface area contributed by atoms with E-state index in [1.54, 1.807) is 0 Å². The van der Waals surface area contributed by atoms with E-state index < -0.39 is 0 Å². The topological polar surface area (TPSA) is 8.17 Å². The van der Waals surface area contributed by atoms with E-state index in [1.165, 1.54) is 92.5 Å². The Morgan fingerprint density at radius 3 is 1.90 bits per heavy atom. The maximum absolute atomic E-state index is 4.14. The van der Waals surface area contributed by atoms with Crippen LogP contribution in [-0.2, 0) is 6.42 Å². The van der Waals surface area contributed by atoms with Crippen LogP contribution >= 0.6 is 11.3 Å². The van der Waals surface area contributed by atoms with Crippen molar-refractivity contribution in [1.82, 2.24) is 4.57 Å². The Kier molecular flexibility index (Phi) is 9.60. The molecule has 0 N–H and O–H groups in total. The third-order valence-electron chi connectivity index (χ3n) is 12.4. The summed E-state index contributed by atoms with van der Waals surface area (Å²) >= 11 is 1.86. The summed E-state index contributed by atoms with van der Waals surface area (Å²) in [6, 6.07) is 68.8. The van der Waals surface area contributed by atoms with E-state index in [9.17, 15) is 0 Å². The van der Waals surface area contributed by atoms with Gasteiger partial charge >= 0.3 is 0 Å². The fourth-order valence-corrected chi connectivity index (χ4v) is 10.6. The van der Waals surface area contributed by atoms with Gasteiger partial charge in [-0.05, 0) is 148 Å². The number of nitrogens with zero attached hydrogens (tertiary/aromatic N) is 2. The molecule has 11 rings (SSSR count). The van der Waals surface area contributed by atoms with Crippen LogP contribution in [0.4, 0.5) is 17.1 Å². The van der Waals surface area contributed by atoms with E-state index in [2.05, 4.69) is 229 Å². The number of para-hydroxylation sites is 2. The van der Waals surface area contributed by atoms with Gasteiger partial charge in [0.1, 0.15) is 0 Å². The molecule has 0 aliphatic heterocycles. The summed E-state index contributed by atoms with van der Waals surface area (Å²) < 4.78 is 2.37. The van der Waals surface area contributed by atoms with Gasteiger partial charge in [-0.15, -0.1) is 11.3 Å². The number of fused-ring (bicyclic) bond motifs is 5. The second-order valence-electron chi connectivity index (χ2n) is 16.0. The number of benzene rings is 8. The number of hydrogen-bond acceptors (Lipinski definition) is 2. The summed E-state index contributed by atoms with van der Waals surface area (Å²) in [4.78, 5) is 5.00. The van der Waals surface area contributed by atoms with Crippen molar-refractivity contribution in [2.45, 2.75) is 19.8 Å². The third-order valence-corrected chi connectivity index (χ3v) is 13.6. The Balaban J connectivity index is 0.967. The van der Waals surface area contributed by atoms with Crippen molar-refractivity contribution in [2.24, 2.45) is 0 Å². The molecule has 0 amide bonds. The van der Waals surface area contributed by atoms with Crippen LogP contribution in [0.3, 0.4) is 0 Å². The average molecular weight is 813 g/mol. The lowest BCUT2D eigenvalue weighted by Crippen LogP contribution is -2.10. The SMILES string of the molecule is C=Cc1sc2c(c1/C=C\C)CCC=C2c1ccc(N(c2ccc(-c3ccccc3)cc2)c2ccc3cc(-c4ccc5c(c4)c4ccccc4n5-c4ccccc4)ccc3c2)cc1. The molecule has 10 aromatic rings. The van der Waals surface area contributed by atoms with Crippen LogP contribution in [0, 0.1) is 0 Å². The lowest BCUT2D eigenvalue weighted by atomic mass is 9.90. The number of anilines is 3. The van der Waals surface area contributed by atoms with E-state index in [1.807, 2.05) is 17.4 Å². The number of allylic oxidation sites excluding steroid dienone is 2. The summed E-state index contributed by atoms with van der Waals surface area (Å²) in [5, 5.41) is 4.92. The van der Waals surface area contributed by atoms with Gasteiger partial charge < -0.3 is 9.47 Å². The molecule has 62 heavy (non-hydrogen) atoms. The molecule has 0 spiro atoms. The van der Waals surface area contributed by atoms with Crippen molar-refractivity contribution in [3.05, 3.63) is 233 Å². The van der Waals surface area contributed by atoms with Crippen LogP contribution in [0.25, 0.3) is 78.2 Å². The normalized spacial score (nSPS) is 12.6. The monoisotopic (exact) mass is 812 g/mol. The van der Waals surface area contributed by atoms with Crippen molar-refractivity contribution < 1.29 is 0 Å². The Bertz CT molecular complexity index is 3350. The predicted octanol–water partition coefficient (Wildman–Crippen LogP) is 16.9. The highest BCUT2D eigenvalue weighted by atomic mass is 32.1. The maximum Gasteiger partial charge on any atom is 0.0541 e. The highest BCUT2D eigenvalue weighted by molar-refractivity contribution is 7.14. The summed E-state index contributed by atoms with van der Waals surface area (Å²) in [5.74, 6) is 0. The molecule has 296 valence electrons. The molecule has 2 nitrogen and oxygen atoms in total. The van der Waals surface area contributed by atoms with Crippen LogP contribution in [0.1, 0.15) is 39.8 Å². The minimum atomic E-state index is 1.04. The van der Waals surface area contributed by atoms with Gasteiger partial charge in [-0.3, -0.25) is 0 Å². The zero-order valence-corrected chi connectivity index (χ0v) is 35.4. The smallest absolute Gasteiger partial charge is 0.0541 e. The number of rotatable bonds is 9. The third kappa shape index (κ3) is 6.59. The number of aromatic nitrogens is 1. The highest BCUT2D eigenvalue weighted by Gasteiger charge is 2.22. The van der Waals surface area contributed by atoms with Crippen LogP contribution in [0.2, 0.25) is 0 Å². The standard InChI is InChI=1S/C59H44N2S/c1-3-14-53-54-21-13-20-51(59(54)62-58(53)4-2)42-27-33-49(34-28-42)60(48-31-25-41(26-32-48)40-15-7-5-8-16-40)50-35-29-44-37-43(23-24-45(44)38-50)46-30-36-57-55(39-46)52-19-11-12-22-56(52)61(57)47-17-9-6-10-18-47/h3-12,14-20,22-39H,2,13,21H2,1H3/b14-3-. The van der Waals surface area contributed by atoms with Crippen LogP contribution in [0.15, 0.2) is 207 Å². The van der Waals surface area contributed by atoms with E-state index in [4.69, 9.17) is 0 Å². The second kappa shape index (κ2) is 15.9. The Morgan fingerprint density at radius 1 is 0.548 bits per heavy atom. The molecule has 8 aromatic carbocycles. The summed E-state index contributed by atoms with van der Waals surface area (Å²) in [6.07, 6.45) is 10.9. The first-order valence-electron chi connectivity index (χ1n) is 21.5. The first-order valence-corrected chi connectivity index (χ1v) is 22.3. The first-order chi connectivity index (χ1) is 30.6. The van der Waals surface area contributed by atoms with Gasteiger partial charge in [0.25, 0.3) is 0 Å². The molecular formula is C59H44N2S. The van der Waals surface area contributed by atoms with E-state index in [0.29, 0.717) is 0 Å². The highest BCUT2D eigenvalue weighted by Crippen LogP contribution is 2.44. The molecule has 2 heterocycles. The molecule has 0 saturated heterocycles. The Labute approximate surface area is 367 Å². The minimum absolute atomic E-state index is 1.04. The quantitative estimate of drug-likeness (QED) is 0.141. The molecule has 3 heteroatoms. The fourth-order valence-electron chi connectivity index (χ4n) is 9.40. The van der Waals surface area contributed by atoms with Gasteiger partial charge in [-0.1, -0.05) is 146 Å². The molecule has 1 aliphatic carbocycles. The van der Waals surface area contributed by atoms with Crippen molar-refractivity contribution in [3.63, 3.8) is 0 Å². The van der Waals surface area contributed by atoms with Gasteiger partial charge in [0.2, 0.25) is 0 Å². The first kappa shape index (κ1) is 37.5. The molecule has 0 bridgehead atoms. The van der Waals surface area contributed by atoms with Crippen molar-refractivity contribution in [1.29, 1.82) is 0 Å². The fraction of sp³-hybridized carbons (Fsp3) is 0.0508. The van der Waals surface area contributed by atoms with Gasteiger partial charge in [-0.25, -0.2) is 0 Å². The largest absolute Gasteiger partial charge is 0.310 e. The zero-order chi connectivity index (χ0) is 41.6. The van der Waals surface area contributed by atoms with E-state index in [0.717, 1.165) is 29.9 Å². The van der Waals surface area contributed by atoms with Crippen molar-refractivity contribution in [2.75, 3.05) is 4.90 Å². The molecular weight excluding hydrogens is 769 g/mol. The maximum atomic E-state index is 4.14. The average Bonchev–Trinajstić information content (AvgIpc) is 3.87. The molecule has 0 saturated carbocycles. The summed E-state index contributed by atoms with van der Waals surface area (Å²) in [6.45, 7) is 6.24. The molecule has 0 unspecified atom stereocenters.